The van der Waals surface area contributed by atoms with E-state index < -0.39 is 0 Å². The summed E-state index contributed by atoms with van der Waals surface area (Å²) in [6, 6.07) is 50.3. The van der Waals surface area contributed by atoms with Gasteiger partial charge in [0.1, 0.15) is 11.9 Å². The molecule has 0 radical (unpaired) electrons. The highest BCUT2D eigenvalue weighted by Crippen LogP contribution is 2.48. The zero-order valence-corrected chi connectivity index (χ0v) is 32.5. The largest absolute Gasteiger partial charge is 0.484 e. The summed E-state index contributed by atoms with van der Waals surface area (Å²) in [6.07, 6.45) is 20.2. The molecule has 6 aromatic carbocycles. The molecule has 2 unspecified atom stereocenters. The summed E-state index contributed by atoms with van der Waals surface area (Å²) in [5, 5.41) is 2.39. The maximum Gasteiger partial charge on any atom is 0.132 e. The van der Waals surface area contributed by atoms with Crippen LogP contribution >= 0.6 is 0 Å². The summed E-state index contributed by atoms with van der Waals surface area (Å²) in [7, 11) is 0. The highest BCUT2D eigenvalue weighted by Gasteiger charge is 2.36. The van der Waals surface area contributed by atoms with Gasteiger partial charge in [-0.1, -0.05) is 172 Å². The third-order valence-corrected chi connectivity index (χ3v) is 12.3. The zero-order valence-electron chi connectivity index (χ0n) is 32.5. The number of nitrogens with zero attached hydrogens (tertiary/aromatic N) is 1. The first-order chi connectivity index (χ1) is 28.0. The summed E-state index contributed by atoms with van der Waals surface area (Å²) in [5.74, 6) is 1.16. The molecule has 0 N–H and O–H groups in total. The SMILES string of the molecule is C=C/C(=C\C1=Cc2ccccc2C1(C)C)N(C1=C(C2=CC3c4ccc5ccccc5c4OC3C=C2)C=CCC1)c1ccc(-c2cccc(-c3ccccc3)c2)cc1. The fourth-order valence-corrected chi connectivity index (χ4v) is 9.22. The van der Waals surface area contributed by atoms with Crippen LogP contribution in [0.4, 0.5) is 5.69 Å². The second-order valence-electron chi connectivity index (χ2n) is 16.0. The molecule has 0 saturated carbocycles. The van der Waals surface area contributed by atoms with E-state index in [0.29, 0.717) is 0 Å². The van der Waals surface area contributed by atoms with E-state index in [2.05, 4.69) is 207 Å². The van der Waals surface area contributed by atoms with Gasteiger partial charge in [-0.25, -0.2) is 0 Å². The molecule has 3 aliphatic carbocycles. The zero-order chi connectivity index (χ0) is 38.5. The Balaban J connectivity index is 1.09. The lowest BCUT2D eigenvalue weighted by molar-refractivity contribution is 0.271. The fourth-order valence-electron chi connectivity index (χ4n) is 9.22. The summed E-state index contributed by atoms with van der Waals surface area (Å²) in [4.78, 5) is 2.46. The number of ether oxygens (including phenoxy) is 1. The third kappa shape index (κ3) is 6.13. The average Bonchev–Trinajstić information content (AvgIpc) is 3.77. The Labute approximate surface area is 336 Å². The molecule has 2 heteroatoms. The second-order valence-corrected chi connectivity index (χ2v) is 16.0. The molecule has 2 atom stereocenters. The topological polar surface area (TPSA) is 12.5 Å². The molecule has 0 saturated heterocycles. The van der Waals surface area contributed by atoms with E-state index in [1.807, 2.05) is 6.08 Å². The second kappa shape index (κ2) is 14.1. The smallest absolute Gasteiger partial charge is 0.132 e. The van der Waals surface area contributed by atoms with E-state index in [1.165, 1.54) is 72.1 Å². The Morgan fingerprint density at radius 1 is 0.754 bits per heavy atom. The first kappa shape index (κ1) is 34.8. The van der Waals surface area contributed by atoms with Gasteiger partial charge >= 0.3 is 0 Å². The Morgan fingerprint density at radius 2 is 1.49 bits per heavy atom. The Hall–Kier alpha value is -6.64. The van der Waals surface area contributed by atoms with E-state index in [1.54, 1.807) is 0 Å². The first-order valence-electron chi connectivity index (χ1n) is 20.2. The summed E-state index contributed by atoms with van der Waals surface area (Å²) >= 11 is 0. The van der Waals surface area contributed by atoms with Crippen molar-refractivity contribution in [3.8, 4) is 28.0 Å². The highest BCUT2D eigenvalue weighted by atomic mass is 16.5. The van der Waals surface area contributed by atoms with Gasteiger partial charge in [0.05, 0.1) is 0 Å². The minimum Gasteiger partial charge on any atom is -0.484 e. The van der Waals surface area contributed by atoms with Gasteiger partial charge in [0.2, 0.25) is 0 Å². The molecule has 6 aromatic rings. The number of hydrogen-bond donors (Lipinski definition) is 0. The predicted octanol–water partition coefficient (Wildman–Crippen LogP) is 14.1. The van der Waals surface area contributed by atoms with Gasteiger partial charge in [-0.2, -0.15) is 0 Å². The number of rotatable bonds is 8. The first-order valence-corrected chi connectivity index (χ1v) is 20.2. The Bertz CT molecular complexity index is 2750. The maximum atomic E-state index is 6.66. The fraction of sp³-hybridized carbons (Fsp3) is 0.127. The lowest BCUT2D eigenvalue weighted by Gasteiger charge is -2.34. The molecule has 10 rings (SSSR count). The van der Waals surface area contributed by atoms with Gasteiger partial charge in [-0.05, 0) is 99.2 Å². The van der Waals surface area contributed by atoms with Crippen molar-refractivity contribution in [3.63, 3.8) is 0 Å². The summed E-state index contributed by atoms with van der Waals surface area (Å²) < 4.78 is 6.66. The molecule has 1 aliphatic heterocycles. The molecule has 0 aromatic heterocycles. The average molecular weight is 736 g/mol. The van der Waals surface area contributed by atoms with Gasteiger partial charge in [0.15, 0.2) is 0 Å². The van der Waals surface area contributed by atoms with Crippen LogP contribution in [0.2, 0.25) is 0 Å². The van der Waals surface area contributed by atoms with Crippen molar-refractivity contribution in [2.75, 3.05) is 4.90 Å². The molecule has 0 spiro atoms. The summed E-state index contributed by atoms with van der Waals surface area (Å²) in [6.45, 7) is 9.11. The summed E-state index contributed by atoms with van der Waals surface area (Å²) in [5.41, 5.74) is 15.7. The van der Waals surface area contributed by atoms with Crippen LogP contribution in [-0.4, -0.2) is 6.10 Å². The standard InChI is InChI=1S/C55H45NO/c1-4-45(36-44-34-43-18-9-12-23-51(43)55(44,2)3)56(46-29-25-38(26-30-46)41-20-14-19-40(33-41)37-15-6-5-7-16-37)52-24-13-11-21-47(52)42-28-32-53-50(35-42)49-31-27-39-17-8-10-22-48(39)54(49)57-53/h4-12,14-23,25-36,50,53H,1,13,24H2,2-3H3/b45-36+. The van der Waals surface area contributed by atoms with Crippen LogP contribution in [0.3, 0.4) is 0 Å². The van der Waals surface area contributed by atoms with Crippen LogP contribution in [0, 0.1) is 0 Å². The molecule has 0 bridgehead atoms. The van der Waals surface area contributed by atoms with Crippen molar-refractivity contribution in [1.29, 1.82) is 0 Å². The normalized spacial score (nSPS) is 19.0. The number of hydrogen-bond acceptors (Lipinski definition) is 2. The lowest BCUT2D eigenvalue weighted by Crippen LogP contribution is -2.25. The number of anilines is 1. The van der Waals surface area contributed by atoms with E-state index >= 15 is 0 Å². The van der Waals surface area contributed by atoms with Crippen LogP contribution in [0.25, 0.3) is 39.1 Å². The Morgan fingerprint density at radius 3 is 2.30 bits per heavy atom. The van der Waals surface area contributed by atoms with Crippen molar-refractivity contribution in [3.05, 3.63) is 233 Å². The quantitative estimate of drug-likeness (QED) is 0.144. The van der Waals surface area contributed by atoms with Crippen molar-refractivity contribution in [2.45, 2.75) is 44.1 Å². The van der Waals surface area contributed by atoms with Crippen LogP contribution < -0.4 is 9.64 Å². The number of allylic oxidation sites excluding steroid dienone is 9. The third-order valence-electron chi connectivity index (χ3n) is 12.3. The van der Waals surface area contributed by atoms with Crippen LogP contribution in [0.5, 0.6) is 5.75 Å². The molecular weight excluding hydrogens is 691 g/mol. The monoisotopic (exact) mass is 735 g/mol. The van der Waals surface area contributed by atoms with E-state index in [9.17, 15) is 0 Å². The molecule has 276 valence electrons. The van der Waals surface area contributed by atoms with E-state index in [0.717, 1.165) is 30.0 Å². The van der Waals surface area contributed by atoms with Gasteiger partial charge in [-0.15, -0.1) is 0 Å². The highest BCUT2D eigenvalue weighted by molar-refractivity contribution is 5.91. The minimum absolute atomic E-state index is 0.0167. The van der Waals surface area contributed by atoms with E-state index in [-0.39, 0.29) is 17.4 Å². The lowest BCUT2D eigenvalue weighted by atomic mass is 9.81. The minimum atomic E-state index is -0.141. The Kier molecular flexibility index (Phi) is 8.64. The molecule has 57 heavy (non-hydrogen) atoms. The molecule has 2 nitrogen and oxygen atoms in total. The van der Waals surface area contributed by atoms with Crippen molar-refractivity contribution >= 4 is 22.5 Å². The number of benzene rings is 6. The van der Waals surface area contributed by atoms with Crippen LogP contribution in [-0.2, 0) is 5.41 Å². The van der Waals surface area contributed by atoms with Gasteiger partial charge < -0.3 is 9.64 Å². The van der Waals surface area contributed by atoms with Crippen LogP contribution in [0.15, 0.2) is 217 Å². The number of fused-ring (bicyclic) bond motifs is 6. The molecule has 4 aliphatic rings. The predicted molar refractivity (Wildman–Crippen MR) is 239 cm³/mol. The van der Waals surface area contributed by atoms with Crippen LogP contribution in [0.1, 0.15) is 49.3 Å². The van der Waals surface area contributed by atoms with Gasteiger partial charge in [-0.3, -0.25) is 0 Å². The molecular formula is C55H45NO. The van der Waals surface area contributed by atoms with Gasteiger partial charge in [0.25, 0.3) is 0 Å². The molecule has 1 heterocycles. The van der Waals surface area contributed by atoms with Crippen molar-refractivity contribution in [2.24, 2.45) is 0 Å². The molecule has 0 amide bonds. The van der Waals surface area contributed by atoms with E-state index in [4.69, 9.17) is 4.74 Å². The maximum absolute atomic E-state index is 6.66. The van der Waals surface area contributed by atoms with Crippen molar-refractivity contribution in [1.82, 2.24) is 0 Å². The van der Waals surface area contributed by atoms with Gasteiger partial charge in [0, 0.05) is 44.9 Å². The molecule has 0 fully saturated rings. The van der Waals surface area contributed by atoms with Crippen molar-refractivity contribution < 1.29 is 4.74 Å².